The monoisotopic (exact) mass is 446 g/mol. The molecule has 3 heterocycles. The first-order valence-electron chi connectivity index (χ1n) is 10.6. The van der Waals surface area contributed by atoms with Gasteiger partial charge in [-0.3, -0.25) is 19.7 Å². The second kappa shape index (κ2) is 8.99. The number of primary amides is 1. The average molecular weight is 447 g/mol. The standard InChI is InChI=1S/C23H26N8O2/c1-14-5-6-20(27-11-14)17-7-18(21(24)32)9-23(8-17,10-19-13-25-15(2)12-26-19)31-22(16(3)33-4)28-29-30-31/h5-8,11-13,16H,9-10H2,1-4H3,(H2,24,32). The van der Waals surface area contributed by atoms with Crippen molar-refractivity contribution in [3.8, 4) is 0 Å². The number of aromatic nitrogens is 7. The lowest BCUT2D eigenvalue weighted by atomic mass is 9.79. The number of allylic oxidation sites excluding steroid dienone is 3. The summed E-state index contributed by atoms with van der Waals surface area (Å²) in [6.45, 7) is 5.71. The van der Waals surface area contributed by atoms with Crippen LogP contribution in [0.3, 0.4) is 0 Å². The second-order valence-electron chi connectivity index (χ2n) is 8.29. The van der Waals surface area contributed by atoms with E-state index < -0.39 is 11.4 Å². The van der Waals surface area contributed by atoms with Gasteiger partial charge in [-0.25, -0.2) is 4.68 Å². The molecule has 1 aliphatic rings. The Balaban J connectivity index is 1.93. The minimum atomic E-state index is -0.878. The zero-order valence-corrected chi connectivity index (χ0v) is 19.1. The van der Waals surface area contributed by atoms with E-state index in [0.29, 0.717) is 23.5 Å². The summed E-state index contributed by atoms with van der Waals surface area (Å²) < 4.78 is 7.21. The van der Waals surface area contributed by atoms with Gasteiger partial charge in [-0.1, -0.05) is 6.07 Å². The van der Waals surface area contributed by atoms with Gasteiger partial charge in [-0.2, -0.15) is 0 Å². The molecule has 170 valence electrons. The molecule has 0 radical (unpaired) electrons. The molecule has 2 unspecified atom stereocenters. The summed E-state index contributed by atoms with van der Waals surface area (Å²) in [4.78, 5) is 25.9. The Morgan fingerprint density at radius 2 is 2.03 bits per heavy atom. The molecule has 0 saturated carbocycles. The number of hydrogen-bond acceptors (Lipinski definition) is 8. The number of amides is 1. The van der Waals surface area contributed by atoms with Crippen molar-refractivity contribution in [1.29, 1.82) is 0 Å². The minimum absolute atomic E-state index is 0.279. The van der Waals surface area contributed by atoms with E-state index in [2.05, 4.69) is 30.5 Å². The number of aryl methyl sites for hydroxylation is 2. The number of carbonyl (C=O) groups is 1. The van der Waals surface area contributed by atoms with Crippen LogP contribution in [-0.2, 0) is 21.5 Å². The fourth-order valence-corrected chi connectivity index (χ4v) is 3.91. The maximum atomic E-state index is 12.4. The molecule has 3 aromatic rings. The zero-order chi connectivity index (χ0) is 23.6. The highest BCUT2D eigenvalue weighted by Crippen LogP contribution is 2.39. The summed E-state index contributed by atoms with van der Waals surface area (Å²) in [5.41, 5.74) is 9.38. The number of nitrogens with two attached hydrogens (primary N) is 1. The molecule has 0 spiro atoms. The van der Waals surface area contributed by atoms with Gasteiger partial charge < -0.3 is 10.5 Å². The quantitative estimate of drug-likeness (QED) is 0.582. The molecule has 0 saturated heterocycles. The highest BCUT2D eigenvalue weighted by molar-refractivity contribution is 5.96. The van der Waals surface area contributed by atoms with Crippen molar-refractivity contribution in [3.05, 3.63) is 76.9 Å². The van der Waals surface area contributed by atoms with Gasteiger partial charge in [0.05, 0.1) is 22.6 Å². The zero-order valence-electron chi connectivity index (χ0n) is 19.1. The molecule has 10 nitrogen and oxygen atoms in total. The van der Waals surface area contributed by atoms with E-state index in [1.807, 2.05) is 39.0 Å². The molecule has 4 rings (SSSR count). The summed E-state index contributed by atoms with van der Waals surface area (Å²) in [6.07, 6.45) is 9.31. The molecule has 0 bridgehead atoms. The lowest BCUT2D eigenvalue weighted by molar-refractivity contribution is -0.114. The predicted octanol–water partition coefficient (Wildman–Crippen LogP) is 2.02. The van der Waals surface area contributed by atoms with Gasteiger partial charge in [0.25, 0.3) is 0 Å². The Labute approximate surface area is 191 Å². The van der Waals surface area contributed by atoms with Crippen LogP contribution in [0, 0.1) is 13.8 Å². The van der Waals surface area contributed by atoms with Gasteiger partial charge in [-0.05, 0) is 60.6 Å². The molecule has 2 N–H and O–H groups in total. The van der Waals surface area contributed by atoms with Crippen LogP contribution in [-0.4, -0.2) is 48.2 Å². The van der Waals surface area contributed by atoms with Gasteiger partial charge in [0.15, 0.2) is 5.82 Å². The summed E-state index contributed by atoms with van der Waals surface area (Å²) >= 11 is 0. The van der Waals surface area contributed by atoms with Crippen LogP contribution < -0.4 is 5.73 Å². The summed E-state index contributed by atoms with van der Waals surface area (Å²) in [6, 6.07) is 3.88. The molecule has 0 aliphatic heterocycles. The summed E-state index contributed by atoms with van der Waals surface area (Å²) in [5, 5.41) is 12.4. The average Bonchev–Trinajstić information content (AvgIpc) is 3.31. The topological polar surface area (TPSA) is 135 Å². The maximum Gasteiger partial charge on any atom is 0.244 e. The Kier molecular flexibility index (Phi) is 6.10. The molecular formula is C23H26N8O2. The van der Waals surface area contributed by atoms with Crippen LogP contribution in [0.5, 0.6) is 0 Å². The Hall–Kier alpha value is -3.79. The van der Waals surface area contributed by atoms with E-state index in [-0.39, 0.29) is 12.5 Å². The molecule has 2 atom stereocenters. The first-order valence-corrected chi connectivity index (χ1v) is 10.6. The molecule has 0 fully saturated rings. The third-order valence-electron chi connectivity index (χ3n) is 5.73. The van der Waals surface area contributed by atoms with Gasteiger partial charge >= 0.3 is 0 Å². The molecule has 10 heteroatoms. The van der Waals surface area contributed by atoms with Crippen molar-refractivity contribution in [1.82, 2.24) is 35.2 Å². The van der Waals surface area contributed by atoms with Gasteiger partial charge in [-0.15, -0.1) is 5.10 Å². The first-order chi connectivity index (χ1) is 15.8. The van der Waals surface area contributed by atoms with E-state index in [1.54, 1.807) is 36.5 Å². The van der Waals surface area contributed by atoms with Crippen molar-refractivity contribution in [2.75, 3.05) is 7.11 Å². The van der Waals surface area contributed by atoms with Crippen molar-refractivity contribution in [3.63, 3.8) is 0 Å². The number of methoxy groups -OCH3 is 1. The van der Waals surface area contributed by atoms with Crippen LogP contribution in [0.2, 0.25) is 0 Å². The van der Waals surface area contributed by atoms with Gasteiger partial charge in [0, 0.05) is 44.1 Å². The lowest BCUT2D eigenvalue weighted by Crippen LogP contribution is -2.41. The van der Waals surface area contributed by atoms with Crippen LogP contribution in [0.1, 0.15) is 47.9 Å². The van der Waals surface area contributed by atoms with Crippen LogP contribution in [0.15, 0.2) is 48.4 Å². The summed E-state index contributed by atoms with van der Waals surface area (Å²) in [5.74, 6) is 0.0113. The predicted molar refractivity (Wildman–Crippen MR) is 121 cm³/mol. The van der Waals surface area contributed by atoms with E-state index in [0.717, 1.165) is 22.5 Å². The number of rotatable bonds is 7. The highest BCUT2D eigenvalue weighted by atomic mass is 16.5. The number of ether oxygens (including phenoxy) is 1. The van der Waals surface area contributed by atoms with E-state index in [9.17, 15) is 4.79 Å². The van der Waals surface area contributed by atoms with Gasteiger partial charge in [0.1, 0.15) is 6.10 Å². The molecule has 3 aromatic heterocycles. The Morgan fingerprint density at radius 3 is 2.67 bits per heavy atom. The van der Waals surface area contributed by atoms with Crippen LogP contribution >= 0.6 is 0 Å². The lowest BCUT2D eigenvalue weighted by Gasteiger charge is -2.35. The minimum Gasteiger partial charge on any atom is -0.374 e. The third-order valence-corrected chi connectivity index (χ3v) is 5.73. The third kappa shape index (κ3) is 4.56. The van der Waals surface area contributed by atoms with E-state index in [1.165, 1.54) is 0 Å². The number of nitrogens with zero attached hydrogens (tertiary/aromatic N) is 7. The Morgan fingerprint density at radius 1 is 1.21 bits per heavy atom. The van der Waals surface area contributed by atoms with Crippen molar-refractivity contribution < 1.29 is 9.53 Å². The second-order valence-corrected chi connectivity index (χ2v) is 8.29. The van der Waals surface area contributed by atoms with Crippen molar-refractivity contribution >= 4 is 11.5 Å². The normalized spacial score (nSPS) is 19.0. The van der Waals surface area contributed by atoms with E-state index in [4.69, 9.17) is 10.5 Å². The maximum absolute atomic E-state index is 12.4. The van der Waals surface area contributed by atoms with E-state index >= 15 is 0 Å². The smallest absolute Gasteiger partial charge is 0.244 e. The molecule has 1 amide bonds. The first kappa shape index (κ1) is 22.4. The largest absolute Gasteiger partial charge is 0.374 e. The molecule has 0 aromatic carbocycles. The molecule has 1 aliphatic carbocycles. The van der Waals surface area contributed by atoms with Crippen LogP contribution in [0.25, 0.3) is 5.57 Å². The van der Waals surface area contributed by atoms with Crippen molar-refractivity contribution in [2.24, 2.45) is 5.73 Å². The highest BCUT2D eigenvalue weighted by Gasteiger charge is 2.40. The van der Waals surface area contributed by atoms with Crippen LogP contribution in [0.4, 0.5) is 0 Å². The van der Waals surface area contributed by atoms with Gasteiger partial charge in [0.2, 0.25) is 5.91 Å². The number of carbonyl (C=O) groups excluding carboxylic acids is 1. The number of hydrogen-bond donors (Lipinski definition) is 1. The number of pyridine rings is 1. The fourth-order valence-electron chi connectivity index (χ4n) is 3.91. The molecule has 33 heavy (non-hydrogen) atoms. The number of tetrazole rings is 1. The Bertz CT molecular complexity index is 1210. The summed E-state index contributed by atoms with van der Waals surface area (Å²) in [7, 11) is 1.59. The molecular weight excluding hydrogens is 420 g/mol. The van der Waals surface area contributed by atoms with Crippen molar-refractivity contribution in [2.45, 2.75) is 45.3 Å². The SMILES string of the molecule is COC(C)c1nnnn1C1(Cc2cnc(C)cn2)C=C(c2ccc(C)cn2)C=C(C(N)=O)C1. The fraction of sp³-hybridized carbons (Fsp3) is 0.348.